The third-order valence-electron chi connectivity index (χ3n) is 2.95. The van der Waals surface area contributed by atoms with Crippen molar-refractivity contribution < 1.29 is 36.2 Å². The fourth-order valence-corrected chi connectivity index (χ4v) is 1.78. The predicted octanol–water partition coefficient (Wildman–Crippen LogP) is 2.36. The summed E-state index contributed by atoms with van der Waals surface area (Å²) in [6.45, 7) is 1.09. The van der Waals surface area contributed by atoms with Crippen molar-refractivity contribution >= 4 is 11.7 Å². The van der Waals surface area contributed by atoms with Crippen molar-refractivity contribution in [2.75, 3.05) is 18.0 Å². The number of alkyl halides is 6. The van der Waals surface area contributed by atoms with Crippen LogP contribution in [0.3, 0.4) is 0 Å². The first-order valence-electron chi connectivity index (χ1n) is 6.28. The molecule has 1 fully saturated rings. The minimum atomic E-state index is -5.08. The fourth-order valence-electron chi connectivity index (χ4n) is 1.78. The molecule has 0 atom stereocenters. The number of nitriles is 1. The lowest BCUT2D eigenvalue weighted by molar-refractivity contribution is -0.192. The van der Waals surface area contributed by atoms with Crippen LogP contribution in [0.15, 0.2) is 18.2 Å². The highest BCUT2D eigenvalue weighted by Gasteiger charge is 2.38. The van der Waals surface area contributed by atoms with Gasteiger partial charge in [0.1, 0.15) is 0 Å². The van der Waals surface area contributed by atoms with E-state index in [0.717, 1.165) is 6.07 Å². The molecule has 3 N–H and O–H groups in total. The van der Waals surface area contributed by atoms with Gasteiger partial charge in [0, 0.05) is 24.8 Å². The molecule has 132 valence electrons. The molecule has 1 aliphatic heterocycles. The summed E-state index contributed by atoms with van der Waals surface area (Å²) in [6.07, 6.45) is -9.59. The van der Waals surface area contributed by atoms with E-state index in [1.165, 1.54) is 12.1 Å². The van der Waals surface area contributed by atoms with E-state index in [4.69, 9.17) is 20.9 Å². The second-order valence-electron chi connectivity index (χ2n) is 4.81. The number of aliphatic carboxylic acids is 1. The second-order valence-corrected chi connectivity index (χ2v) is 4.81. The van der Waals surface area contributed by atoms with Gasteiger partial charge in [-0.05, 0) is 18.2 Å². The summed E-state index contributed by atoms with van der Waals surface area (Å²) in [5.41, 5.74) is 4.78. The highest BCUT2D eigenvalue weighted by atomic mass is 19.4. The quantitative estimate of drug-likeness (QED) is 0.755. The Kier molecular flexibility index (Phi) is 5.67. The van der Waals surface area contributed by atoms with Crippen molar-refractivity contribution in [2.45, 2.75) is 18.4 Å². The van der Waals surface area contributed by atoms with Gasteiger partial charge in [-0.2, -0.15) is 31.6 Å². The summed E-state index contributed by atoms with van der Waals surface area (Å²) in [5.74, 6) is -2.76. The zero-order valence-electron chi connectivity index (χ0n) is 11.8. The second kappa shape index (κ2) is 6.96. The van der Waals surface area contributed by atoms with Crippen LogP contribution in [0.25, 0.3) is 0 Å². The lowest BCUT2D eigenvalue weighted by atomic mass is 10.0. The molecular weight excluding hydrogens is 344 g/mol. The van der Waals surface area contributed by atoms with Crippen LogP contribution in [0.5, 0.6) is 0 Å². The van der Waals surface area contributed by atoms with Crippen molar-refractivity contribution in [1.29, 1.82) is 5.26 Å². The van der Waals surface area contributed by atoms with Gasteiger partial charge in [-0.25, -0.2) is 4.79 Å². The molecule has 1 heterocycles. The number of anilines is 1. The molecule has 1 aliphatic rings. The topological polar surface area (TPSA) is 90.4 Å². The van der Waals surface area contributed by atoms with Crippen LogP contribution in [-0.4, -0.2) is 36.4 Å². The van der Waals surface area contributed by atoms with E-state index in [2.05, 4.69) is 0 Å². The molecule has 0 radical (unpaired) electrons. The van der Waals surface area contributed by atoms with Gasteiger partial charge in [0.05, 0.1) is 17.2 Å². The molecule has 0 unspecified atom stereocenters. The smallest absolute Gasteiger partial charge is 0.475 e. The van der Waals surface area contributed by atoms with Gasteiger partial charge in [-0.15, -0.1) is 0 Å². The Balaban J connectivity index is 0.000000351. The first-order valence-corrected chi connectivity index (χ1v) is 6.28. The van der Waals surface area contributed by atoms with Gasteiger partial charge in [-0.3, -0.25) is 0 Å². The largest absolute Gasteiger partial charge is 0.490 e. The van der Waals surface area contributed by atoms with Crippen molar-refractivity contribution in [3.05, 3.63) is 29.3 Å². The molecule has 0 amide bonds. The first-order chi connectivity index (χ1) is 10.9. The Morgan fingerprint density at radius 1 is 1.25 bits per heavy atom. The highest BCUT2D eigenvalue weighted by Crippen LogP contribution is 2.35. The normalized spacial score (nSPS) is 15.0. The van der Waals surface area contributed by atoms with Crippen LogP contribution < -0.4 is 10.6 Å². The van der Waals surface area contributed by atoms with E-state index < -0.39 is 23.9 Å². The average molecular weight is 355 g/mol. The first kappa shape index (κ1) is 19.6. The number of nitrogens with two attached hydrogens (primary N) is 1. The number of carboxylic acids is 1. The van der Waals surface area contributed by atoms with Crippen molar-refractivity contribution in [3.63, 3.8) is 0 Å². The molecule has 5 nitrogen and oxygen atoms in total. The number of rotatable bonds is 1. The number of carboxylic acid groups (broad SMARTS) is 1. The van der Waals surface area contributed by atoms with Crippen LogP contribution in [0.1, 0.15) is 11.1 Å². The maximum absolute atomic E-state index is 12.7. The minimum absolute atomic E-state index is 0.0139. The van der Waals surface area contributed by atoms with E-state index in [-0.39, 0.29) is 11.6 Å². The Bertz CT molecular complexity index is 645. The molecule has 1 aromatic rings. The maximum atomic E-state index is 12.7. The van der Waals surface area contributed by atoms with E-state index in [0.29, 0.717) is 18.8 Å². The molecule has 0 bridgehead atoms. The van der Waals surface area contributed by atoms with E-state index in [1.54, 1.807) is 11.0 Å². The summed E-state index contributed by atoms with van der Waals surface area (Å²) in [6, 6.07) is 5.28. The monoisotopic (exact) mass is 355 g/mol. The van der Waals surface area contributed by atoms with Crippen LogP contribution in [-0.2, 0) is 11.0 Å². The molecule has 1 aromatic carbocycles. The van der Waals surface area contributed by atoms with Crippen molar-refractivity contribution in [3.8, 4) is 6.07 Å². The Hall–Kier alpha value is -2.48. The molecule has 0 saturated carbocycles. The fraction of sp³-hybridized carbons (Fsp3) is 0.385. The molecule has 2 rings (SSSR count). The molecule has 24 heavy (non-hydrogen) atoms. The number of nitrogens with zero attached hydrogens (tertiary/aromatic N) is 2. The molecule has 11 heteroatoms. The number of hydrogen-bond acceptors (Lipinski definition) is 4. The van der Waals surface area contributed by atoms with Crippen LogP contribution in [0.4, 0.5) is 32.0 Å². The lowest BCUT2D eigenvalue weighted by Crippen LogP contribution is -2.55. The SMILES string of the molecule is N#Cc1ccc(N2CC(N)C2)cc1C(F)(F)F.O=C(O)C(F)(F)F. The molecule has 1 saturated heterocycles. The molecule has 0 aliphatic carbocycles. The third-order valence-corrected chi connectivity index (χ3v) is 2.95. The summed E-state index contributed by atoms with van der Waals surface area (Å²) in [5, 5.41) is 15.8. The van der Waals surface area contributed by atoms with Gasteiger partial charge in [0.25, 0.3) is 0 Å². The number of carbonyl (C=O) groups is 1. The lowest BCUT2D eigenvalue weighted by Gasteiger charge is -2.39. The number of halogens is 6. The highest BCUT2D eigenvalue weighted by molar-refractivity contribution is 5.73. The Labute approximate surface area is 131 Å². The summed E-state index contributed by atoms with van der Waals surface area (Å²) >= 11 is 0. The van der Waals surface area contributed by atoms with E-state index >= 15 is 0 Å². The van der Waals surface area contributed by atoms with Crippen LogP contribution in [0.2, 0.25) is 0 Å². The van der Waals surface area contributed by atoms with Gasteiger partial charge < -0.3 is 15.7 Å². The average Bonchev–Trinajstić information content (AvgIpc) is 2.42. The van der Waals surface area contributed by atoms with Gasteiger partial charge in [0.15, 0.2) is 0 Å². The summed E-state index contributed by atoms with van der Waals surface area (Å²) in [4.78, 5) is 10.6. The van der Waals surface area contributed by atoms with Crippen LogP contribution in [0, 0.1) is 11.3 Å². The van der Waals surface area contributed by atoms with Gasteiger partial charge in [-0.1, -0.05) is 0 Å². The predicted molar refractivity (Wildman–Crippen MR) is 70.0 cm³/mol. The maximum Gasteiger partial charge on any atom is 0.490 e. The van der Waals surface area contributed by atoms with Gasteiger partial charge >= 0.3 is 18.3 Å². The van der Waals surface area contributed by atoms with Crippen molar-refractivity contribution in [2.24, 2.45) is 5.73 Å². The van der Waals surface area contributed by atoms with Gasteiger partial charge in [0.2, 0.25) is 0 Å². The zero-order valence-corrected chi connectivity index (χ0v) is 11.8. The number of hydrogen-bond donors (Lipinski definition) is 2. The summed E-state index contributed by atoms with van der Waals surface area (Å²) < 4.78 is 69.8. The molecule has 0 aromatic heterocycles. The minimum Gasteiger partial charge on any atom is -0.475 e. The molecular formula is C13H11F6N3O2. The third kappa shape index (κ3) is 5.02. The zero-order chi connectivity index (χ0) is 18.7. The van der Waals surface area contributed by atoms with Crippen molar-refractivity contribution in [1.82, 2.24) is 0 Å². The van der Waals surface area contributed by atoms with Crippen LogP contribution >= 0.6 is 0 Å². The summed E-state index contributed by atoms with van der Waals surface area (Å²) in [7, 11) is 0. The van der Waals surface area contributed by atoms with E-state index in [1.807, 2.05) is 0 Å². The Morgan fingerprint density at radius 2 is 1.75 bits per heavy atom. The molecule has 0 spiro atoms. The standard InChI is InChI=1S/C11H10F3N3.C2HF3O2/c12-11(13,14)10-3-9(2-1-7(10)4-15)17-5-8(16)6-17;3-2(4,5)1(6)7/h1-3,8H,5-6,16H2;(H,6,7). The Morgan fingerprint density at radius 3 is 2.08 bits per heavy atom. The van der Waals surface area contributed by atoms with E-state index in [9.17, 15) is 26.3 Å². The number of benzene rings is 1.